The minimum atomic E-state index is -0.604. The molecule has 1 aromatic carbocycles. The summed E-state index contributed by atoms with van der Waals surface area (Å²) >= 11 is 3.34. The first-order valence-corrected chi connectivity index (χ1v) is 7.70. The van der Waals surface area contributed by atoms with Crippen LogP contribution in [0.25, 0.3) is 5.57 Å². The molecule has 0 aliphatic rings. The van der Waals surface area contributed by atoms with E-state index in [1.165, 1.54) is 20.4 Å². The average Bonchev–Trinajstić information content (AvgIpc) is 2.46. The summed E-state index contributed by atoms with van der Waals surface area (Å²) in [5, 5.41) is 1.15. The number of carbonyl (C=O) groups excluding carboxylic acids is 2. The lowest BCUT2D eigenvalue weighted by Crippen LogP contribution is -2.40. The van der Waals surface area contributed by atoms with Gasteiger partial charge in [0.25, 0.3) is 0 Å². The molecule has 0 spiro atoms. The third-order valence-electron chi connectivity index (χ3n) is 2.63. The van der Waals surface area contributed by atoms with Crippen LogP contribution in [-0.2, 0) is 14.3 Å². The molecule has 1 amide bonds. The van der Waals surface area contributed by atoms with Gasteiger partial charge in [0, 0.05) is 17.7 Å². The molecule has 0 aromatic heterocycles. The van der Waals surface area contributed by atoms with Gasteiger partial charge in [0.05, 0.1) is 12.7 Å². The molecule has 0 heterocycles. The van der Waals surface area contributed by atoms with Gasteiger partial charge in [0.2, 0.25) is 0 Å². The van der Waals surface area contributed by atoms with Crippen molar-refractivity contribution >= 4 is 33.6 Å². The fraction of sp³-hybridized carbons (Fsp3) is 0.375. The summed E-state index contributed by atoms with van der Waals surface area (Å²) in [5.41, 5.74) is 3.06. The minimum absolute atomic E-state index is 0.287. The summed E-state index contributed by atoms with van der Waals surface area (Å²) in [6, 6.07) is 7.15. The summed E-state index contributed by atoms with van der Waals surface area (Å²) in [6.45, 7) is 5.32. The molecule has 0 unspecified atom stereocenters. The van der Waals surface area contributed by atoms with Crippen molar-refractivity contribution in [2.45, 2.75) is 26.4 Å². The third-order valence-corrected chi connectivity index (χ3v) is 3.16. The number of nitrogens with one attached hydrogen (secondary N) is 1. The summed E-state index contributed by atoms with van der Waals surface area (Å²) < 4.78 is 10.9. The topological polar surface area (TPSA) is 67.9 Å². The van der Waals surface area contributed by atoms with Crippen LogP contribution in [-0.4, -0.2) is 36.8 Å². The van der Waals surface area contributed by atoms with E-state index in [4.69, 9.17) is 9.47 Å². The highest BCUT2D eigenvalue weighted by molar-refractivity contribution is 9.10. The molecule has 7 heteroatoms. The number of nitrogens with zero attached hydrogens (tertiary/aromatic N) is 1. The van der Waals surface area contributed by atoms with Gasteiger partial charge in [-0.1, -0.05) is 28.1 Å². The number of amides is 1. The van der Waals surface area contributed by atoms with E-state index in [1.807, 2.05) is 12.1 Å². The first kappa shape index (κ1) is 19.0. The fourth-order valence-electron chi connectivity index (χ4n) is 1.54. The van der Waals surface area contributed by atoms with Crippen LogP contribution in [0.15, 0.2) is 34.9 Å². The molecule has 1 rings (SSSR count). The highest BCUT2D eigenvalue weighted by atomic mass is 79.9. The summed E-state index contributed by atoms with van der Waals surface area (Å²) in [6.07, 6.45) is 0.840. The van der Waals surface area contributed by atoms with E-state index in [0.717, 1.165) is 9.48 Å². The quantitative estimate of drug-likeness (QED) is 0.489. The van der Waals surface area contributed by atoms with Crippen molar-refractivity contribution in [3.05, 3.63) is 40.5 Å². The first-order valence-electron chi connectivity index (χ1n) is 6.91. The molecule has 1 aromatic rings. The Morgan fingerprint density at radius 1 is 1.22 bits per heavy atom. The zero-order chi connectivity index (χ0) is 17.6. The summed E-state index contributed by atoms with van der Waals surface area (Å²) in [5.74, 6) is -0.516. The van der Waals surface area contributed by atoms with Crippen LogP contribution >= 0.6 is 15.9 Å². The Labute approximate surface area is 144 Å². The Kier molecular flexibility index (Phi) is 6.62. The molecule has 0 atom stereocenters. The lowest BCUT2D eigenvalue weighted by atomic mass is 10.1. The Hall–Kier alpha value is -2.02. The van der Waals surface area contributed by atoms with Crippen molar-refractivity contribution in [1.82, 2.24) is 10.4 Å². The molecule has 126 valence electrons. The number of rotatable bonds is 4. The van der Waals surface area contributed by atoms with Crippen molar-refractivity contribution in [2.24, 2.45) is 0 Å². The molecule has 0 saturated heterocycles. The van der Waals surface area contributed by atoms with Crippen LogP contribution in [0.4, 0.5) is 4.79 Å². The first-order chi connectivity index (χ1) is 10.6. The predicted octanol–water partition coefficient (Wildman–Crippen LogP) is 3.33. The zero-order valence-corrected chi connectivity index (χ0v) is 15.4. The van der Waals surface area contributed by atoms with E-state index in [0.29, 0.717) is 5.56 Å². The second-order valence-electron chi connectivity index (χ2n) is 5.72. The standard InChI is InChI=1S/C16H21BrN2O4/c1-16(2,3)23-15(21)19(4)18-10-13(14(20)22-5)11-6-8-12(17)9-7-11/h6-10,18H,1-5H3/b13-10-. The second-order valence-corrected chi connectivity index (χ2v) is 6.64. The van der Waals surface area contributed by atoms with Gasteiger partial charge in [-0.2, -0.15) is 0 Å². The molecular weight excluding hydrogens is 364 g/mol. The maximum atomic E-state index is 11.9. The minimum Gasteiger partial charge on any atom is -0.465 e. The van der Waals surface area contributed by atoms with Crippen LogP contribution in [0.2, 0.25) is 0 Å². The fourth-order valence-corrected chi connectivity index (χ4v) is 1.81. The smallest absolute Gasteiger partial charge is 0.428 e. The van der Waals surface area contributed by atoms with Gasteiger partial charge in [0.15, 0.2) is 0 Å². The zero-order valence-electron chi connectivity index (χ0n) is 13.8. The molecule has 23 heavy (non-hydrogen) atoms. The molecule has 6 nitrogen and oxygen atoms in total. The van der Waals surface area contributed by atoms with Crippen LogP contribution in [0.1, 0.15) is 26.3 Å². The Bertz CT molecular complexity index is 591. The van der Waals surface area contributed by atoms with Crippen molar-refractivity contribution in [2.75, 3.05) is 14.2 Å². The third kappa shape index (κ3) is 6.32. The number of esters is 1. The lowest BCUT2D eigenvalue weighted by molar-refractivity contribution is -0.133. The van der Waals surface area contributed by atoms with Gasteiger partial charge < -0.3 is 9.47 Å². The van der Waals surface area contributed by atoms with Crippen molar-refractivity contribution in [3.8, 4) is 0 Å². The number of hydrogen-bond donors (Lipinski definition) is 1. The molecule has 0 fully saturated rings. The van der Waals surface area contributed by atoms with Gasteiger partial charge in [-0.05, 0) is 38.5 Å². The molecule has 0 bridgehead atoms. The largest absolute Gasteiger partial charge is 0.465 e. The highest BCUT2D eigenvalue weighted by Crippen LogP contribution is 2.18. The molecule has 1 N–H and O–H groups in total. The number of hydrazine groups is 1. The average molecular weight is 385 g/mol. The van der Waals surface area contributed by atoms with Crippen LogP contribution < -0.4 is 5.43 Å². The monoisotopic (exact) mass is 384 g/mol. The van der Waals surface area contributed by atoms with E-state index >= 15 is 0 Å². The SMILES string of the molecule is COC(=O)/C(=C\NN(C)C(=O)OC(C)(C)C)c1ccc(Br)cc1. The molecule has 0 radical (unpaired) electrons. The summed E-state index contributed by atoms with van der Waals surface area (Å²) in [7, 11) is 2.80. The van der Waals surface area contributed by atoms with Gasteiger partial charge in [-0.3, -0.25) is 5.43 Å². The maximum Gasteiger partial charge on any atom is 0.428 e. The highest BCUT2D eigenvalue weighted by Gasteiger charge is 2.20. The van der Waals surface area contributed by atoms with E-state index in [9.17, 15) is 9.59 Å². The predicted molar refractivity (Wildman–Crippen MR) is 91.3 cm³/mol. The van der Waals surface area contributed by atoms with Crippen LogP contribution in [0, 0.1) is 0 Å². The van der Waals surface area contributed by atoms with Gasteiger partial charge in [-0.15, -0.1) is 0 Å². The number of methoxy groups -OCH3 is 1. The maximum absolute atomic E-state index is 11.9. The number of halogens is 1. The van der Waals surface area contributed by atoms with Crippen LogP contribution in [0.3, 0.4) is 0 Å². The molecular formula is C16H21BrN2O4. The Balaban J connectivity index is 2.91. The summed E-state index contributed by atoms with van der Waals surface area (Å²) in [4.78, 5) is 23.8. The van der Waals surface area contributed by atoms with Gasteiger partial charge in [-0.25, -0.2) is 14.6 Å². The van der Waals surface area contributed by atoms with E-state index in [-0.39, 0.29) is 5.57 Å². The lowest BCUT2D eigenvalue weighted by Gasteiger charge is -2.24. The van der Waals surface area contributed by atoms with Gasteiger partial charge in [0.1, 0.15) is 5.60 Å². The number of hydrogen-bond acceptors (Lipinski definition) is 5. The Morgan fingerprint density at radius 3 is 2.26 bits per heavy atom. The number of carbonyl (C=O) groups is 2. The molecule has 0 aliphatic carbocycles. The Morgan fingerprint density at radius 2 is 1.78 bits per heavy atom. The van der Waals surface area contributed by atoms with Crippen molar-refractivity contribution in [3.63, 3.8) is 0 Å². The number of benzene rings is 1. The second kappa shape index (κ2) is 8.01. The van der Waals surface area contributed by atoms with Crippen molar-refractivity contribution in [1.29, 1.82) is 0 Å². The molecule has 0 saturated carbocycles. The molecule has 0 aliphatic heterocycles. The number of ether oxygens (including phenoxy) is 2. The van der Waals surface area contributed by atoms with Crippen molar-refractivity contribution < 1.29 is 19.1 Å². The van der Waals surface area contributed by atoms with Crippen LogP contribution in [0.5, 0.6) is 0 Å². The van der Waals surface area contributed by atoms with Gasteiger partial charge >= 0.3 is 12.1 Å². The van der Waals surface area contributed by atoms with E-state index in [1.54, 1.807) is 32.9 Å². The normalized spacial score (nSPS) is 11.7. The van der Waals surface area contributed by atoms with E-state index in [2.05, 4.69) is 21.4 Å². The van der Waals surface area contributed by atoms with E-state index < -0.39 is 17.7 Å².